The molecule has 4 nitrogen and oxygen atoms in total. The Morgan fingerprint density at radius 1 is 1.35 bits per heavy atom. The van der Waals surface area contributed by atoms with Crippen molar-refractivity contribution in [3.63, 3.8) is 0 Å². The summed E-state index contributed by atoms with van der Waals surface area (Å²) in [5.41, 5.74) is 0.566. The Morgan fingerprint density at radius 2 is 2.18 bits per heavy atom. The Labute approximate surface area is 112 Å². The van der Waals surface area contributed by atoms with Gasteiger partial charge in [0.25, 0.3) is 0 Å². The third-order valence-corrected chi connectivity index (χ3v) is 3.49. The third-order valence-electron chi connectivity index (χ3n) is 2.35. The molecule has 1 saturated carbocycles. The van der Waals surface area contributed by atoms with E-state index in [0.29, 0.717) is 27.6 Å². The minimum atomic E-state index is 0.466. The van der Waals surface area contributed by atoms with Crippen LogP contribution in [0.25, 0.3) is 11.5 Å². The Morgan fingerprint density at radius 3 is 2.88 bits per heavy atom. The average molecular weight is 287 g/mol. The Kier molecular flexibility index (Phi) is 2.90. The lowest BCUT2D eigenvalue weighted by atomic mass is 10.3. The number of nitrogens with one attached hydrogen (secondary N) is 1. The van der Waals surface area contributed by atoms with Crippen LogP contribution in [-0.2, 0) is 0 Å². The van der Waals surface area contributed by atoms with Crippen LogP contribution in [0.2, 0.25) is 10.0 Å². The van der Waals surface area contributed by atoms with Crippen LogP contribution in [0.3, 0.4) is 0 Å². The Bertz CT molecular complexity index is 553. The summed E-state index contributed by atoms with van der Waals surface area (Å²) < 4.78 is 4.24. The second-order valence-electron chi connectivity index (χ2n) is 3.83. The van der Waals surface area contributed by atoms with E-state index in [1.807, 2.05) is 0 Å². The molecule has 2 aromatic heterocycles. The maximum Gasteiger partial charge on any atom is 0.203 e. The molecule has 2 heterocycles. The number of hydrogen-bond donors (Lipinski definition) is 1. The van der Waals surface area contributed by atoms with Crippen LogP contribution in [0.15, 0.2) is 12.3 Å². The van der Waals surface area contributed by atoms with E-state index in [2.05, 4.69) is 19.7 Å². The summed E-state index contributed by atoms with van der Waals surface area (Å²) in [6, 6.07) is 2.20. The normalized spacial score (nSPS) is 14.9. The number of aromatic nitrogens is 3. The molecule has 1 aliphatic rings. The molecule has 0 aromatic carbocycles. The Hall–Kier alpha value is -0.910. The zero-order valence-electron chi connectivity index (χ0n) is 8.65. The molecule has 2 aromatic rings. The van der Waals surface area contributed by atoms with Crippen molar-refractivity contribution in [2.75, 3.05) is 5.32 Å². The molecule has 0 unspecified atom stereocenters. The molecule has 7 heteroatoms. The van der Waals surface area contributed by atoms with Crippen LogP contribution in [0.5, 0.6) is 0 Å². The molecule has 0 atom stereocenters. The fourth-order valence-corrected chi connectivity index (χ4v) is 2.47. The molecule has 1 aliphatic carbocycles. The van der Waals surface area contributed by atoms with Gasteiger partial charge in [0.1, 0.15) is 5.69 Å². The van der Waals surface area contributed by atoms with Crippen LogP contribution in [0, 0.1) is 0 Å². The first-order chi connectivity index (χ1) is 8.22. The minimum Gasteiger partial charge on any atom is -0.358 e. The highest BCUT2D eigenvalue weighted by Crippen LogP contribution is 2.30. The van der Waals surface area contributed by atoms with Gasteiger partial charge in [0.2, 0.25) is 5.13 Å². The highest BCUT2D eigenvalue weighted by atomic mass is 35.5. The molecule has 1 N–H and O–H groups in total. The lowest BCUT2D eigenvalue weighted by Crippen LogP contribution is -1.99. The summed E-state index contributed by atoms with van der Waals surface area (Å²) in [5, 5.41) is 5.07. The molecule has 0 spiro atoms. The van der Waals surface area contributed by atoms with Gasteiger partial charge in [0.05, 0.1) is 10.0 Å². The highest BCUT2D eigenvalue weighted by Gasteiger charge is 2.22. The van der Waals surface area contributed by atoms with Gasteiger partial charge in [-0.1, -0.05) is 23.2 Å². The maximum atomic E-state index is 6.05. The standard InChI is InChI=1S/C10H8Cl2N4S/c11-5-3-7(12)8(13-4-5)9-15-10(17-16-9)14-6-1-2-6/h3-4,6H,1-2H2,(H,14,15,16). The van der Waals surface area contributed by atoms with Crippen molar-refractivity contribution in [1.29, 1.82) is 0 Å². The number of halogens is 2. The molecule has 17 heavy (non-hydrogen) atoms. The van der Waals surface area contributed by atoms with E-state index < -0.39 is 0 Å². The number of rotatable bonds is 3. The van der Waals surface area contributed by atoms with Crippen LogP contribution in [-0.4, -0.2) is 20.4 Å². The molecular formula is C10H8Cl2N4S. The maximum absolute atomic E-state index is 6.05. The van der Waals surface area contributed by atoms with Crippen molar-refractivity contribution in [2.45, 2.75) is 18.9 Å². The highest BCUT2D eigenvalue weighted by molar-refractivity contribution is 7.09. The van der Waals surface area contributed by atoms with Crippen molar-refractivity contribution in [2.24, 2.45) is 0 Å². The number of anilines is 1. The fraction of sp³-hybridized carbons (Fsp3) is 0.300. The molecular weight excluding hydrogens is 279 g/mol. The molecule has 0 saturated heterocycles. The second kappa shape index (κ2) is 4.40. The zero-order chi connectivity index (χ0) is 11.8. The van der Waals surface area contributed by atoms with E-state index in [1.165, 1.54) is 30.6 Å². The van der Waals surface area contributed by atoms with Gasteiger partial charge in [0, 0.05) is 23.8 Å². The summed E-state index contributed by atoms with van der Waals surface area (Å²) in [7, 11) is 0. The van der Waals surface area contributed by atoms with Crippen molar-refractivity contribution >= 4 is 39.9 Å². The SMILES string of the molecule is Clc1cnc(-c2nsc(NC3CC3)n2)c(Cl)c1. The third kappa shape index (κ3) is 2.51. The lowest BCUT2D eigenvalue weighted by Gasteiger charge is -1.98. The Balaban J connectivity index is 1.89. The van der Waals surface area contributed by atoms with Crippen molar-refractivity contribution in [3.8, 4) is 11.5 Å². The van der Waals surface area contributed by atoms with E-state index in [0.717, 1.165) is 5.13 Å². The molecule has 0 bridgehead atoms. The van der Waals surface area contributed by atoms with E-state index in [1.54, 1.807) is 6.07 Å². The molecule has 1 fully saturated rings. The smallest absolute Gasteiger partial charge is 0.203 e. The molecule has 0 radical (unpaired) electrons. The van der Waals surface area contributed by atoms with Gasteiger partial charge in [-0.25, -0.2) is 4.98 Å². The van der Waals surface area contributed by atoms with Gasteiger partial charge in [0.15, 0.2) is 5.82 Å². The quantitative estimate of drug-likeness (QED) is 0.939. The summed E-state index contributed by atoms with van der Waals surface area (Å²) in [6.07, 6.45) is 3.95. The summed E-state index contributed by atoms with van der Waals surface area (Å²) in [5.74, 6) is 0.541. The lowest BCUT2D eigenvalue weighted by molar-refractivity contribution is 1.13. The molecule has 88 valence electrons. The average Bonchev–Trinajstić information content (AvgIpc) is 2.96. The van der Waals surface area contributed by atoms with Crippen molar-refractivity contribution in [1.82, 2.24) is 14.3 Å². The molecule has 0 amide bonds. The first-order valence-electron chi connectivity index (χ1n) is 5.14. The predicted octanol–water partition coefficient (Wildman–Crippen LogP) is 3.48. The van der Waals surface area contributed by atoms with Crippen molar-refractivity contribution in [3.05, 3.63) is 22.3 Å². The van der Waals surface area contributed by atoms with Crippen LogP contribution in [0.4, 0.5) is 5.13 Å². The number of pyridine rings is 1. The van der Waals surface area contributed by atoms with Gasteiger partial charge < -0.3 is 5.32 Å². The van der Waals surface area contributed by atoms with Crippen LogP contribution in [0.1, 0.15) is 12.8 Å². The zero-order valence-corrected chi connectivity index (χ0v) is 11.0. The first-order valence-corrected chi connectivity index (χ1v) is 6.67. The number of hydrogen-bond acceptors (Lipinski definition) is 5. The second-order valence-corrected chi connectivity index (χ2v) is 5.42. The summed E-state index contributed by atoms with van der Waals surface area (Å²) in [6.45, 7) is 0. The summed E-state index contributed by atoms with van der Waals surface area (Å²) in [4.78, 5) is 8.50. The molecule has 3 rings (SSSR count). The first kappa shape index (κ1) is 11.2. The van der Waals surface area contributed by atoms with Crippen molar-refractivity contribution < 1.29 is 0 Å². The van der Waals surface area contributed by atoms with E-state index in [4.69, 9.17) is 23.2 Å². The molecule has 0 aliphatic heterocycles. The van der Waals surface area contributed by atoms with Gasteiger partial charge in [-0.3, -0.25) is 0 Å². The monoisotopic (exact) mass is 286 g/mol. The van der Waals surface area contributed by atoms with Gasteiger partial charge in [-0.05, 0) is 18.9 Å². The van der Waals surface area contributed by atoms with Gasteiger partial charge >= 0.3 is 0 Å². The topological polar surface area (TPSA) is 50.7 Å². The summed E-state index contributed by atoms with van der Waals surface area (Å²) >= 11 is 13.2. The fourth-order valence-electron chi connectivity index (χ4n) is 1.36. The van der Waals surface area contributed by atoms with Gasteiger partial charge in [-0.15, -0.1) is 0 Å². The van der Waals surface area contributed by atoms with Crippen LogP contribution >= 0.6 is 34.7 Å². The number of nitrogens with zero attached hydrogens (tertiary/aromatic N) is 3. The van der Waals surface area contributed by atoms with E-state index in [9.17, 15) is 0 Å². The van der Waals surface area contributed by atoms with Gasteiger partial charge in [-0.2, -0.15) is 9.36 Å². The van der Waals surface area contributed by atoms with E-state index >= 15 is 0 Å². The minimum absolute atomic E-state index is 0.466. The van der Waals surface area contributed by atoms with E-state index in [-0.39, 0.29) is 0 Å². The predicted molar refractivity (Wildman–Crippen MR) is 69.8 cm³/mol. The largest absolute Gasteiger partial charge is 0.358 e. The van der Waals surface area contributed by atoms with Crippen LogP contribution < -0.4 is 5.32 Å².